The number of amides is 3. The van der Waals surface area contributed by atoms with E-state index in [9.17, 15) is 34.2 Å². The number of hydrogen-bond acceptors (Lipinski definition) is 8. The van der Waals surface area contributed by atoms with Crippen molar-refractivity contribution in [3.63, 3.8) is 0 Å². The van der Waals surface area contributed by atoms with E-state index in [0.29, 0.717) is 24.2 Å². The zero-order valence-electron chi connectivity index (χ0n) is 19.9. The van der Waals surface area contributed by atoms with Gasteiger partial charge in [-0.3, -0.25) is 19.2 Å². The minimum absolute atomic E-state index is 0.0219. The molecule has 0 bridgehead atoms. The van der Waals surface area contributed by atoms with Crippen LogP contribution in [0.2, 0.25) is 0 Å². The van der Waals surface area contributed by atoms with Gasteiger partial charge in [-0.05, 0) is 49.0 Å². The molecule has 0 radical (unpaired) electrons. The molecule has 1 aliphatic rings. The van der Waals surface area contributed by atoms with Gasteiger partial charge in [0.2, 0.25) is 17.7 Å². The van der Waals surface area contributed by atoms with Crippen LogP contribution in [0.25, 0.3) is 0 Å². The third-order valence-corrected chi connectivity index (χ3v) is 6.43. The van der Waals surface area contributed by atoms with Crippen molar-refractivity contribution >= 4 is 41.4 Å². The molecule has 1 aromatic rings. The van der Waals surface area contributed by atoms with Crippen molar-refractivity contribution in [2.45, 2.75) is 56.3 Å². The summed E-state index contributed by atoms with van der Waals surface area (Å²) in [6.07, 6.45) is 2.22. The first kappa shape index (κ1) is 28.9. The van der Waals surface area contributed by atoms with E-state index in [1.54, 1.807) is 12.1 Å². The highest BCUT2D eigenvalue weighted by Gasteiger charge is 2.38. The molecule has 1 fully saturated rings. The second-order valence-electron chi connectivity index (χ2n) is 8.51. The molecule has 1 aromatic carbocycles. The maximum Gasteiger partial charge on any atom is 0.326 e. The number of carbonyl (C=O) groups is 5. The van der Waals surface area contributed by atoms with Gasteiger partial charge in [-0.15, -0.1) is 0 Å². The van der Waals surface area contributed by atoms with Crippen molar-refractivity contribution in [2.24, 2.45) is 5.73 Å². The first-order valence-corrected chi connectivity index (χ1v) is 12.8. The summed E-state index contributed by atoms with van der Waals surface area (Å²) in [7, 11) is 0. The highest BCUT2D eigenvalue weighted by molar-refractivity contribution is 7.98. The lowest BCUT2D eigenvalue weighted by molar-refractivity contribution is -0.149. The van der Waals surface area contributed by atoms with Crippen LogP contribution in [-0.4, -0.2) is 92.6 Å². The zero-order chi connectivity index (χ0) is 26.8. The van der Waals surface area contributed by atoms with Crippen molar-refractivity contribution < 1.29 is 39.3 Å². The molecule has 4 atom stereocenters. The number of aromatic hydroxyl groups is 1. The Morgan fingerprint density at radius 1 is 1.08 bits per heavy atom. The van der Waals surface area contributed by atoms with Crippen LogP contribution in [0.3, 0.4) is 0 Å². The Kier molecular flexibility index (Phi) is 11.0. The molecule has 0 saturated carbocycles. The first-order chi connectivity index (χ1) is 17.0. The Morgan fingerprint density at radius 3 is 2.31 bits per heavy atom. The fourth-order valence-corrected chi connectivity index (χ4v) is 4.36. The first-order valence-electron chi connectivity index (χ1n) is 11.4. The quantitative estimate of drug-likeness (QED) is 0.196. The number of likely N-dealkylation sites (tertiary alicyclic amines) is 1. The number of carboxylic acids is 2. The van der Waals surface area contributed by atoms with E-state index in [1.807, 2.05) is 6.26 Å². The maximum atomic E-state index is 13.4. The van der Waals surface area contributed by atoms with Crippen molar-refractivity contribution in [1.82, 2.24) is 15.5 Å². The molecule has 198 valence electrons. The SMILES string of the molecule is CSCCC(NC(=O)C(N)CC(=O)O)C(=O)NC(Cc1ccc(O)cc1)C(=O)N1CCCC1C(=O)O. The average Bonchev–Trinajstić information content (AvgIpc) is 3.32. The molecule has 3 amide bonds. The van der Waals surface area contributed by atoms with Gasteiger partial charge in [0, 0.05) is 13.0 Å². The van der Waals surface area contributed by atoms with Gasteiger partial charge < -0.3 is 36.6 Å². The number of phenolic OH excluding ortho intramolecular Hbond substituents is 1. The molecule has 12 nitrogen and oxygen atoms in total. The van der Waals surface area contributed by atoms with Crippen LogP contribution in [0.15, 0.2) is 24.3 Å². The molecule has 1 saturated heterocycles. The molecule has 4 unspecified atom stereocenters. The Labute approximate surface area is 212 Å². The van der Waals surface area contributed by atoms with Gasteiger partial charge in [0.25, 0.3) is 0 Å². The Morgan fingerprint density at radius 2 is 1.72 bits per heavy atom. The van der Waals surface area contributed by atoms with Crippen LogP contribution >= 0.6 is 11.8 Å². The van der Waals surface area contributed by atoms with Crippen LogP contribution in [0, 0.1) is 0 Å². The zero-order valence-corrected chi connectivity index (χ0v) is 20.7. The molecule has 7 N–H and O–H groups in total. The molecular weight excluding hydrogens is 492 g/mol. The maximum absolute atomic E-state index is 13.4. The predicted molar refractivity (Wildman–Crippen MR) is 131 cm³/mol. The number of nitrogens with zero attached hydrogens (tertiary/aromatic N) is 1. The van der Waals surface area contributed by atoms with Gasteiger partial charge in [0.1, 0.15) is 23.9 Å². The average molecular weight is 525 g/mol. The summed E-state index contributed by atoms with van der Waals surface area (Å²) in [5.74, 6) is -3.95. The van der Waals surface area contributed by atoms with E-state index < -0.39 is 60.2 Å². The van der Waals surface area contributed by atoms with Gasteiger partial charge in [-0.2, -0.15) is 11.8 Å². The number of benzene rings is 1. The Balaban J connectivity index is 2.25. The molecule has 1 aliphatic heterocycles. The number of aliphatic carboxylic acids is 2. The predicted octanol–water partition coefficient (Wildman–Crippen LogP) is -0.465. The molecule has 2 rings (SSSR count). The van der Waals surface area contributed by atoms with Gasteiger partial charge in [0.05, 0.1) is 12.5 Å². The van der Waals surface area contributed by atoms with Gasteiger partial charge in [0.15, 0.2) is 0 Å². The summed E-state index contributed by atoms with van der Waals surface area (Å²) >= 11 is 1.43. The fourth-order valence-electron chi connectivity index (χ4n) is 3.89. The number of hydrogen-bond donors (Lipinski definition) is 6. The van der Waals surface area contributed by atoms with Crippen molar-refractivity contribution in [3.8, 4) is 5.75 Å². The van der Waals surface area contributed by atoms with E-state index in [0.717, 1.165) is 0 Å². The molecule has 0 aliphatic carbocycles. The molecule has 0 aromatic heterocycles. The van der Waals surface area contributed by atoms with Crippen LogP contribution < -0.4 is 16.4 Å². The number of nitrogens with two attached hydrogens (primary N) is 1. The summed E-state index contributed by atoms with van der Waals surface area (Å²) in [4.78, 5) is 62.7. The van der Waals surface area contributed by atoms with E-state index in [1.165, 1.54) is 28.8 Å². The summed E-state index contributed by atoms with van der Waals surface area (Å²) in [6.45, 7) is 0.231. The van der Waals surface area contributed by atoms with Gasteiger partial charge in [-0.1, -0.05) is 12.1 Å². The number of phenols is 1. The standard InChI is InChI=1S/C23H32N4O8S/c1-36-10-8-16(25-20(31)15(24)12-19(29)30)21(32)26-17(11-13-4-6-14(28)7-5-13)22(33)27-9-2-3-18(27)23(34)35/h4-7,15-18,28H,2-3,8-12,24H2,1H3,(H,25,31)(H,26,32)(H,29,30)(H,34,35). The van der Waals surface area contributed by atoms with Gasteiger partial charge in [-0.25, -0.2) is 4.79 Å². The van der Waals surface area contributed by atoms with E-state index >= 15 is 0 Å². The second kappa shape index (κ2) is 13.7. The molecule has 13 heteroatoms. The van der Waals surface area contributed by atoms with E-state index in [-0.39, 0.29) is 25.1 Å². The normalized spacial score (nSPS) is 17.6. The van der Waals surface area contributed by atoms with Crippen molar-refractivity contribution in [3.05, 3.63) is 29.8 Å². The largest absolute Gasteiger partial charge is 0.508 e. The minimum Gasteiger partial charge on any atom is -0.508 e. The highest BCUT2D eigenvalue weighted by atomic mass is 32.2. The number of thioether (sulfide) groups is 1. The van der Waals surface area contributed by atoms with Crippen LogP contribution in [0.5, 0.6) is 5.75 Å². The van der Waals surface area contributed by atoms with E-state index in [4.69, 9.17) is 10.8 Å². The number of rotatable bonds is 13. The molecule has 0 spiro atoms. The summed E-state index contributed by atoms with van der Waals surface area (Å²) in [5.41, 5.74) is 6.24. The lowest BCUT2D eigenvalue weighted by Gasteiger charge is -2.29. The second-order valence-corrected chi connectivity index (χ2v) is 9.49. The third kappa shape index (κ3) is 8.41. The van der Waals surface area contributed by atoms with E-state index in [2.05, 4.69) is 10.6 Å². The number of carboxylic acid groups (broad SMARTS) is 2. The summed E-state index contributed by atoms with van der Waals surface area (Å²) in [6, 6.07) is 1.44. The van der Waals surface area contributed by atoms with Crippen molar-refractivity contribution in [1.29, 1.82) is 0 Å². The van der Waals surface area contributed by atoms with Crippen molar-refractivity contribution in [2.75, 3.05) is 18.6 Å². The summed E-state index contributed by atoms with van der Waals surface area (Å²) in [5, 5.41) is 33.0. The molecule has 1 heterocycles. The van der Waals surface area contributed by atoms with Gasteiger partial charge >= 0.3 is 11.9 Å². The minimum atomic E-state index is -1.36. The topological polar surface area (TPSA) is 199 Å². The monoisotopic (exact) mass is 524 g/mol. The lowest BCUT2D eigenvalue weighted by Crippen LogP contribution is -2.57. The number of nitrogens with one attached hydrogen (secondary N) is 2. The lowest BCUT2D eigenvalue weighted by atomic mass is 10.0. The summed E-state index contributed by atoms with van der Waals surface area (Å²) < 4.78 is 0. The molecular formula is C23H32N4O8S. The number of carbonyl (C=O) groups excluding carboxylic acids is 3. The van der Waals surface area contributed by atoms with Crippen LogP contribution in [0.4, 0.5) is 0 Å². The molecule has 36 heavy (non-hydrogen) atoms. The Hall–Kier alpha value is -3.32. The third-order valence-electron chi connectivity index (χ3n) is 5.79. The highest BCUT2D eigenvalue weighted by Crippen LogP contribution is 2.20. The smallest absolute Gasteiger partial charge is 0.326 e. The fraction of sp³-hybridized carbons (Fsp3) is 0.522. The van der Waals surface area contributed by atoms with Crippen LogP contribution in [-0.2, 0) is 30.4 Å². The van der Waals surface area contributed by atoms with Crippen LogP contribution in [0.1, 0.15) is 31.2 Å². The Bertz CT molecular complexity index is 958.